The number of aromatic nitrogens is 2. The fraction of sp³-hybridized carbons (Fsp3) is 0.238. The van der Waals surface area contributed by atoms with Crippen molar-refractivity contribution < 1.29 is 14.6 Å². The van der Waals surface area contributed by atoms with Crippen LogP contribution >= 0.6 is 0 Å². The molecule has 4 N–H and O–H groups in total. The number of carbonyl (C=O) groups is 1. The second-order valence-electron chi connectivity index (χ2n) is 6.63. The minimum atomic E-state index is -0.545. The maximum atomic E-state index is 11.8. The first-order valence-electron chi connectivity index (χ1n) is 9.20. The average molecular weight is 378 g/mol. The summed E-state index contributed by atoms with van der Waals surface area (Å²) in [4.78, 5) is 13.2. The summed E-state index contributed by atoms with van der Waals surface area (Å²) < 4.78 is 5.24. The minimum absolute atomic E-state index is 0.0525. The summed E-state index contributed by atoms with van der Waals surface area (Å²) in [5.74, 6) is 0. The zero-order valence-electron chi connectivity index (χ0n) is 15.4. The van der Waals surface area contributed by atoms with Gasteiger partial charge in [-0.1, -0.05) is 36.4 Å². The van der Waals surface area contributed by atoms with Crippen LogP contribution in [0.3, 0.4) is 0 Å². The Hall–Kier alpha value is -3.16. The quantitative estimate of drug-likeness (QED) is 0.430. The molecule has 7 nitrogen and oxygen atoms in total. The van der Waals surface area contributed by atoms with E-state index in [1.165, 1.54) is 21.6 Å². The first-order valence-corrected chi connectivity index (χ1v) is 9.20. The molecule has 0 radical (unpaired) electrons. The SMILES string of the molecule is NC(=O)N(CCOCCO)c1ccc(-c2n[nH]c3c2Cc2ccccc2-3)cc1. The Morgan fingerprint density at radius 3 is 2.71 bits per heavy atom. The fourth-order valence-corrected chi connectivity index (χ4v) is 3.60. The molecule has 0 aliphatic heterocycles. The van der Waals surface area contributed by atoms with Crippen molar-refractivity contribution in [2.45, 2.75) is 6.42 Å². The van der Waals surface area contributed by atoms with E-state index < -0.39 is 6.03 Å². The van der Waals surface area contributed by atoms with E-state index in [4.69, 9.17) is 15.6 Å². The van der Waals surface area contributed by atoms with Crippen LogP contribution in [0, 0.1) is 0 Å². The third-order valence-electron chi connectivity index (χ3n) is 4.93. The van der Waals surface area contributed by atoms with Crippen molar-refractivity contribution in [2.24, 2.45) is 5.73 Å². The van der Waals surface area contributed by atoms with Crippen molar-refractivity contribution in [1.29, 1.82) is 0 Å². The number of ether oxygens (including phenoxy) is 1. The van der Waals surface area contributed by atoms with Gasteiger partial charge in [0.1, 0.15) is 0 Å². The monoisotopic (exact) mass is 378 g/mol. The number of amides is 2. The molecule has 0 atom stereocenters. The first-order chi connectivity index (χ1) is 13.7. The third kappa shape index (κ3) is 3.37. The summed E-state index contributed by atoms with van der Waals surface area (Å²) in [7, 11) is 0. The van der Waals surface area contributed by atoms with Gasteiger partial charge in [0.15, 0.2) is 0 Å². The third-order valence-corrected chi connectivity index (χ3v) is 4.93. The predicted molar refractivity (Wildman–Crippen MR) is 107 cm³/mol. The molecule has 1 heterocycles. The number of nitrogens with two attached hydrogens (primary N) is 1. The summed E-state index contributed by atoms with van der Waals surface area (Å²) in [6, 6.07) is 15.4. The second kappa shape index (κ2) is 7.84. The average Bonchev–Trinajstić information content (AvgIpc) is 3.27. The lowest BCUT2D eigenvalue weighted by atomic mass is 10.0. The van der Waals surface area contributed by atoms with Crippen molar-refractivity contribution in [3.8, 4) is 22.5 Å². The Bertz CT molecular complexity index is 982. The highest BCUT2D eigenvalue weighted by Gasteiger charge is 2.24. The van der Waals surface area contributed by atoms with Crippen molar-refractivity contribution in [3.63, 3.8) is 0 Å². The van der Waals surface area contributed by atoms with E-state index in [0.29, 0.717) is 18.8 Å². The molecule has 0 spiro atoms. The van der Waals surface area contributed by atoms with Gasteiger partial charge in [0.05, 0.1) is 37.8 Å². The van der Waals surface area contributed by atoms with E-state index in [2.05, 4.69) is 28.4 Å². The Morgan fingerprint density at radius 1 is 1.18 bits per heavy atom. The van der Waals surface area contributed by atoms with Crippen LogP contribution in [-0.4, -0.2) is 47.7 Å². The van der Waals surface area contributed by atoms with Crippen LogP contribution in [0.25, 0.3) is 22.5 Å². The number of H-pyrrole nitrogens is 1. The molecule has 0 saturated heterocycles. The summed E-state index contributed by atoms with van der Waals surface area (Å²) in [5.41, 5.74) is 12.9. The number of primary amides is 1. The number of nitrogens with zero attached hydrogens (tertiary/aromatic N) is 2. The van der Waals surface area contributed by atoms with Crippen molar-refractivity contribution in [1.82, 2.24) is 10.2 Å². The molecule has 0 unspecified atom stereocenters. The van der Waals surface area contributed by atoms with Gasteiger partial charge in [0.2, 0.25) is 0 Å². The lowest BCUT2D eigenvalue weighted by molar-refractivity contribution is 0.0972. The molecule has 2 aromatic carbocycles. The number of rotatable bonds is 7. The van der Waals surface area contributed by atoms with Crippen molar-refractivity contribution >= 4 is 11.7 Å². The summed E-state index contributed by atoms with van der Waals surface area (Å²) in [6.45, 7) is 0.805. The highest BCUT2D eigenvalue weighted by atomic mass is 16.5. The maximum Gasteiger partial charge on any atom is 0.319 e. The number of fused-ring (bicyclic) bond motifs is 3. The normalized spacial score (nSPS) is 11.9. The highest BCUT2D eigenvalue weighted by Crippen LogP contribution is 2.39. The number of anilines is 1. The van der Waals surface area contributed by atoms with Crippen LogP contribution in [-0.2, 0) is 11.2 Å². The Morgan fingerprint density at radius 2 is 1.96 bits per heavy atom. The molecule has 1 aliphatic rings. The van der Waals surface area contributed by atoms with Gasteiger partial charge in [0, 0.05) is 28.8 Å². The minimum Gasteiger partial charge on any atom is -0.394 e. The van der Waals surface area contributed by atoms with Gasteiger partial charge in [0.25, 0.3) is 0 Å². The molecule has 28 heavy (non-hydrogen) atoms. The van der Waals surface area contributed by atoms with Crippen LogP contribution in [0.15, 0.2) is 48.5 Å². The van der Waals surface area contributed by atoms with Crippen molar-refractivity contribution in [2.75, 3.05) is 31.3 Å². The Labute approximate surface area is 162 Å². The van der Waals surface area contributed by atoms with Crippen LogP contribution in [0.2, 0.25) is 0 Å². The molecule has 2 amide bonds. The molecule has 0 saturated carbocycles. The molecule has 1 aromatic heterocycles. The van der Waals surface area contributed by atoms with Gasteiger partial charge in [-0.15, -0.1) is 0 Å². The second-order valence-corrected chi connectivity index (χ2v) is 6.63. The zero-order chi connectivity index (χ0) is 19.5. The van der Waals surface area contributed by atoms with Gasteiger partial charge in [-0.2, -0.15) is 5.10 Å². The number of aliphatic hydroxyl groups excluding tert-OH is 1. The van der Waals surface area contributed by atoms with E-state index in [1.807, 2.05) is 30.3 Å². The highest BCUT2D eigenvalue weighted by molar-refractivity contribution is 5.91. The molecule has 144 valence electrons. The molecule has 1 aliphatic carbocycles. The number of hydrogen-bond acceptors (Lipinski definition) is 4. The standard InChI is InChI=1S/C21H22N4O3/c22-21(27)25(9-11-28-12-10-26)16-7-5-14(6-8-16)19-18-13-15-3-1-2-4-17(15)20(18)24-23-19/h1-8,26H,9-13H2,(H2,22,27)(H,23,24). The molecular formula is C21H22N4O3. The zero-order valence-corrected chi connectivity index (χ0v) is 15.4. The number of aromatic amines is 1. The topological polar surface area (TPSA) is 104 Å². The fourth-order valence-electron chi connectivity index (χ4n) is 3.60. The van der Waals surface area contributed by atoms with Gasteiger partial charge in [-0.25, -0.2) is 4.79 Å². The van der Waals surface area contributed by atoms with Gasteiger partial charge < -0.3 is 15.6 Å². The smallest absolute Gasteiger partial charge is 0.319 e. The predicted octanol–water partition coefficient (Wildman–Crippen LogP) is 2.54. The summed E-state index contributed by atoms with van der Waals surface area (Å²) in [6.07, 6.45) is 0.856. The number of nitrogens with one attached hydrogen (secondary N) is 1. The maximum absolute atomic E-state index is 11.8. The molecule has 7 heteroatoms. The lowest BCUT2D eigenvalue weighted by Crippen LogP contribution is -2.38. The lowest BCUT2D eigenvalue weighted by Gasteiger charge is -2.20. The number of aliphatic hydroxyl groups is 1. The summed E-state index contributed by atoms with van der Waals surface area (Å²) >= 11 is 0. The summed E-state index contributed by atoms with van der Waals surface area (Å²) in [5, 5.41) is 16.4. The largest absolute Gasteiger partial charge is 0.394 e. The van der Waals surface area contributed by atoms with E-state index in [0.717, 1.165) is 23.4 Å². The van der Waals surface area contributed by atoms with Crippen LogP contribution in [0.1, 0.15) is 11.1 Å². The molecule has 0 fully saturated rings. The molecule has 0 bridgehead atoms. The number of benzene rings is 2. The first kappa shape index (κ1) is 18.2. The van der Waals surface area contributed by atoms with Crippen LogP contribution in [0.4, 0.5) is 10.5 Å². The molecule has 3 aromatic rings. The number of hydrogen-bond donors (Lipinski definition) is 3. The van der Waals surface area contributed by atoms with Gasteiger partial charge >= 0.3 is 6.03 Å². The Kier molecular flexibility index (Phi) is 5.10. The van der Waals surface area contributed by atoms with E-state index in [-0.39, 0.29) is 13.2 Å². The van der Waals surface area contributed by atoms with Crippen LogP contribution in [0.5, 0.6) is 0 Å². The molecule has 4 rings (SSSR count). The van der Waals surface area contributed by atoms with Gasteiger partial charge in [-0.05, 0) is 17.7 Å². The van der Waals surface area contributed by atoms with Crippen molar-refractivity contribution in [3.05, 3.63) is 59.7 Å². The molecular weight excluding hydrogens is 356 g/mol. The number of carbonyl (C=O) groups excluding carboxylic acids is 1. The van der Waals surface area contributed by atoms with E-state index in [9.17, 15) is 4.79 Å². The van der Waals surface area contributed by atoms with E-state index in [1.54, 1.807) is 0 Å². The van der Waals surface area contributed by atoms with Crippen LogP contribution < -0.4 is 10.6 Å². The van der Waals surface area contributed by atoms with E-state index >= 15 is 0 Å². The Balaban J connectivity index is 1.54. The number of urea groups is 1. The van der Waals surface area contributed by atoms with Gasteiger partial charge in [-0.3, -0.25) is 10.00 Å².